The van der Waals surface area contributed by atoms with E-state index in [0.717, 1.165) is 56.6 Å². The van der Waals surface area contributed by atoms with Crippen LogP contribution in [0.5, 0.6) is 0 Å². The molecule has 1 atom stereocenters. The fourth-order valence-corrected chi connectivity index (χ4v) is 4.02. The Labute approximate surface area is 121 Å². The number of thioether (sulfide) groups is 1. The zero-order chi connectivity index (χ0) is 13.7. The molecule has 2 saturated heterocycles. The first-order chi connectivity index (χ1) is 9.17. The summed E-state index contributed by atoms with van der Waals surface area (Å²) in [6, 6.07) is 0.366. The number of nitrogens with one attached hydrogen (secondary N) is 1. The minimum atomic E-state index is 0.261. The zero-order valence-corrected chi connectivity index (χ0v) is 13.3. The molecule has 4 nitrogen and oxygen atoms in total. The maximum atomic E-state index is 5.46. The number of rotatable bonds is 5. The molecule has 0 aliphatic carbocycles. The van der Waals surface area contributed by atoms with E-state index in [1.807, 2.05) is 11.8 Å². The van der Waals surface area contributed by atoms with Gasteiger partial charge >= 0.3 is 0 Å². The third-order valence-electron chi connectivity index (χ3n) is 4.06. The molecule has 2 aliphatic heterocycles. The Bertz CT molecular complexity index is 312. The molecular formula is C14H27N3OS. The van der Waals surface area contributed by atoms with E-state index in [0.29, 0.717) is 6.04 Å². The predicted octanol–water partition coefficient (Wildman–Crippen LogP) is 1.96. The van der Waals surface area contributed by atoms with Crippen molar-refractivity contribution >= 4 is 16.9 Å². The highest BCUT2D eigenvalue weighted by atomic mass is 32.2. The second-order valence-corrected chi connectivity index (χ2v) is 6.54. The van der Waals surface area contributed by atoms with Crippen LogP contribution in [0.3, 0.4) is 0 Å². The molecule has 5 heteroatoms. The molecular weight excluding hydrogens is 258 g/mol. The monoisotopic (exact) mass is 285 g/mol. The highest BCUT2D eigenvalue weighted by Crippen LogP contribution is 2.31. The van der Waals surface area contributed by atoms with Crippen LogP contribution < -0.4 is 5.32 Å². The number of amidine groups is 1. The smallest absolute Gasteiger partial charge is 0.157 e. The van der Waals surface area contributed by atoms with Crippen molar-refractivity contribution in [3.05, 3.63) is 0 Å². The van der Waals surface area contributed by atoms with Crippen molar-refractivity contribution in [1.29, 1.82) is 0 Å². The second-order valence-electron chi connectivity index (χ2n) is 5.58. The summed E-state index contributed by atoms with van der Waals surface area (Å²) in [6.45, 7) is 11.7. The Morgan fingerprint density at radius 2 is 2.05 bits per heavy atom. The third kappa shape index (κ3) is 4.10. The van der Waals surface area contributed by atoms with Crippen molar-refractivity contribution in [2.24, 2.45) is 4.99 Å². The first kappa shape index (κ1) is 15.1. The Morgan fingerprint density at radius 3 is 2.68 bits per heavy atom. The van der Waals surface area contributed by atoms with Crippen LogP contribution in [0.4, 0.5) is 0 Å². The van der Waals surface area contributed by atoms with Gasteiger partial charge in [-0.2, -0.15) is 0 Å². The maximum absolute atomic E-state index is 5.46. The largest absolute Gasteiger partial charge is 0.381 e. The summed E-state index contributed by atoms with van der Waals surface area (Å²) < 4.78 is 5.46. The number of nitrogens with zero attached hydrogens (tertiary/aromatic N) is 2. The summed E-state index contributed by atoms with van der Waals surface area (Å²) >= 11 is 1.88. The average Bonchev–Trinajstić information content (AvgIpc) is 2.79. The number of aliphatic imine (C=N–C) groups is 1. The van der Waals surface area contributed by atoms with Gasteiger partial charge in [-0.3, -0.25) is 4.99 Å². The van der Waals surface area contributed by atoms with Gasteiger partial charge in [0.15, 0.2) is 5.17 Å². The summed E-state index contributed by atoms with van der Waals surface area (Å²) in [5.41, 5.74) is 0.261. The van der Waals surface area contributed by atoms with E-state index in [4.69, 9.17) is 9.73 Å². The molecule has 1 unspecified atom stereocenters. The molecule has 2 rings (SSSR count). The van der Waals surface area contributed by atoms with Crippen LogP contribution in [-0.4, -0.2) is 60.2 Å². The van der Waals surface area contributed by atoms with Crippen molar-refractivity contribution in [2.75, 3.05) is 38.6 Å². The van der Waals surface area contributed by atoms with Crippen LogP contribution in [0.25, 0.3) is 0 Å². The maximum Gasteiger partial charge on any atom is 0.157 e. The van der Waals surface area contributed by atoms with E-state index in [9.17, 15) is 0 Å². The van der Waals surface area contributed by atoms with Gasteiger partial charge in [-0.25, -0.2) is 0 Å². The molecule has 1 spiro atoms. The minimum absolute atomic E-state index is 0.261. The molecule has 19 heavy (non-hydrogen) atoms. The van der Waals surface area contributed by atoms with Gasteiger partial charge in [0.1, 0.15) is 0 Å². The van der Waals surface area contributed by atoms with Gasteiger partial charge in [-0.05, 0) is 32.9 Å². The Balaban J connectivity index is 1.86. The Morgan fingerprint density at radius 1 is 1.37 bits per heavy atom. The van der Waals surface area contributed by atoms with Crippen LogP contribution >= 0.6 is 11.8 Å². The molecule has 0 aromatic rings. The second kappa shape index (κ2) is 6.95. The van der Waals surface area contributed by atoms with Gasteiger partial charge in [0.2, 0.25) is 0 Å². The van der Waals surface area contributed by atoms with E-state index in [1.54, 1.807) is 0 Å². The van der Waals surface area contributed by atoms with E-state index in [-0.39, 0.29) is 5.54 Å². The number of hydrogen-bond acceptors (Lipinski definition) is 4. The molecule has 2 aliphatic rings. The first-order valence-corrected chi connectivity index (χ1v) is 8.45. The van der Waals surface area contributed by atoms with Gasteiger partial charge in [0.05, 0.1) is 11.6 Å². The van der Waals surface area contributed by atoms with E-state index in [2.05, 4.69) is 31.0 Å². The molecule has 0 bridgehead atoms. The first-order valence-electron chi connectivity index (χ1n) is 7.46. The van der Waals surface area contributed by atoms with Crippen LogP contribution in [0.15, 0.2) is 4.99 Å². The normalized spacial score (nSPS) is 26.0. The lowest BCUT2D eigenvalue weighted by Crippen LogP contribution is -2.48. The predicted molar refractivity (Wildman–Crippen MR) is 83.1 cm³/mol. The summed E-state index contributed by atoms with van der Waals surface area (Å²) in [6.07, 6.45) is 2.23. The highest BCUT2D eigenvalue weighted by Gasteiger charge is 2.38. The van der Waals surface area contributed by atoms with E-state index >= 15 is 0 Å². The van der Waals surface area contributed by atoms with E-state index in [1.165, 1.54) is 0 Å². The summed E-state index contributed by atoms with van der Waals surface area (Å²) in [5.74, 6) is 1.15. The van der Waals surface area contributed by atoms with Crippen molar-refractivity contribution in [2.45, 2.75) is 45.2 Å². The van der Waals surface area contributed by atoms with Crippen LogP contribution in [-0.2, 0) is 4.74 Å². The molecule has 0 aromatic heterocycles. The van der Waals surface area contributed by atoms with Gasteiger partial charge in [0, 0.05) is 25.5 Å². The van der Waals surface area contributed by atoms with Crippen LogP contribution in [0, 0.1) is 0 Å². The zero-order valence-electron chi connectivity index (χ0n) is 12.4. The fraction of sp³-hybridized carbons (Fsp3) is 0.929. The van der Waals surface area contributed by atoms with Gasteiger partial charge in [-0.15, -0.1) is 0 Å². The molecule has 1 N–H and O–H groups in total. The van der Waals surface area contributed by atoms with Crippen molar-refractivity contribution < 1.29 is 4.74 Å². The average molecular weight is 285 g/mol. The summed E-state index contributed by atoms with van der Waals surface area (Å²) in [4.78, 5) is 7.28. The SMILES string of the molecule is CCN(CC)CC(C)N=C1NC2(CCOCC2)CS1. The van der Waals surface area contributed by atoms with E-state index < -0.39 is 0 Å². The Hall–Kier alpha value is -0.260. The molecule has 0 aromatic carbocycles. The summed E-state index contributed by atoms with van der Waals surface area (Å²) in [7, 11) is 0. The fourth-order valence-electron chi connectivity index (χ4n) is 2.70. The van der Waals surface area contributed by atoms with Crippen molar-refractivity contribution in [1.82, 2.24) is 10.2 Å². The van der Waals surface area contributed by atoms with Gasteiger partial charge in [-0.1, -0.05) is 25.6 Å². The highest BCUT2D eigenvalue weighted by molar-refractivity contribution is 8.14. The van der Waals surface area contributed by atoms with Crippen molar-refractivity contribution in [3.63, 3.8) is 0 Å². The standard InChI is InChI=1S/C14H27N3OS/c1-4-17(5-2)10-12(3)15-13-16-14(11-19-13)6-8-18-9-7-14/h12H,4-11H2,1-3H3,(H,15,16). The summed E-state index contributed by atoms with van der Waals surface area (Å²) in [5, 5.41) is 4.80. The third-order valence-corrected chi connectivity index (χ3v) is 5.24. The lowest BCUT2D eigenvalue weighted by atomic mass is 9.93. The molecule has 110 valence electrons. The van der Waals surface area contributed by atoms with Crippen LogP contribution in [0.2, 0.25) is 0 Å². The van der Waals surface area contributed by atoms with Crippen LogP contribution in [0.1, 0.15) is 33.6 Å². The van der Waals surface area contributed by atoms with Crippen molar-refractivity contribution in [3.8, 4) is 0 Å². The molecule has 0 amide bonds. The quantitative estimate of drug-likeness (QED) is 0.838. The topological polar surface area (TPSA) is 36.9 Å². The number of likely N-dealkylation sites (N-methyl/N-ethyl adjacent to an activating group) is 1. The molecule has 2 heterocycles. The number of hydrogen-bond donors (Lipinski definition) is 1. The minimum Gasteiger partial charge on any atom is -0.381 e. The van der Waals surface area contributed by atoms with Gasteiger partial charge < -0.3 is 15.0 Å². The molecule has 0 saturated carbocycles. The van der Waals surface area contributed by atoms with Gasteiger partial charge in [0.25, 0.3) is 0 Å². The Kier molecular flexibility index (Phi) is 5.54. The molecule has 0 radical (unpaired) electrons. The lowest BCUT2D eigenvalue weighted by molar-refractivity contribution is 0.0555. The lowest BCUT2D eigenvalue weighted by Gasteiger charge is -2.32. The molecule has 2 fully saturated rings. The number of ether oxygens (including phenoxy) is 1.